The summed E-state index contributed by atoms with van der Waals surface area (Å²) in [6, 6.07) is 5.83. The Morgan fingerprint density at radius 2 is 1.74 bits per heavy atom. The Balaban J connectivity index is 2.52. The van der Waals surface area contributed by atoms with Crippen molar-refractivity contribution in [1.82, 2.24) is 5.32 Å². The maximum absolute atomic E-state index is 11.4. The minimum Gasteiger partial charge on any atom is -0.396 e. The molecule has 0 aliphatic heterocycles. The van der Waals surface area contributed by atoms with Gasteiger partial charge in [0, 0.05) is 24.4 Å². The zero-order chi connectivity index (χ0) is 14.3. The van der Waals surface area contributed by atoms with Crippen LogP contribution in [0.4, 0.5) is 5.69 Å². The highest BCUT2D eigenvalue weighted by molar-refractivity contribution is 6.39. The molecule has 1 rings (SSSR count). The molecule has 0 aromatic heterocycles. The van der Waals surface area contributed by atoms with Crippen LogP contribution in [-0.4, -0.2) is 36.0 Å². The van der Waals surface area contributed by atoms with E-state index in [0.29, 0.717) is 17.7 Å². The normalized spacial score (nSPS) is 9.74. The van der Waals surface area contributed by atoms with Gasteiger partial charge in [0.05, 0.1) is 0 Å². The molecule has 7 nitrogen and oxygen atoms in total. The molecule has 0 aliphatic rings. The number of primary amides is 1. The van der Waals surface area contributed by atoms with Crippen LogP contribution in [0.25, 0.3) is 0 Å². The van der Waals surface area contributed by atoms with E-state index in [1.807, 2.05) is 0 Å². The van der Waals surface area contributed by atoms with Crippen molar-refractivity contribution in [2.75, 3.05) is 18.5 Å². The average Bonchev–Trinajstić information content (AvgIpc) is 2.39. The average molecular weight is 265 g/mol. The number of carbonyl (C=O) groups excluding carboxylic acids is 3. The number of aliphatic hydroxyl groups is 1. The van der Waals surface area contributed by atoms with Gasteiger partial charge in [0.1, 0.15) is 0 Å². The molecule has 0 spiro atoms. The number of carbonyl (C=O) groups is 3. The highest BCUT2D eigenvalue weighted by Gasteiger charge is 2.12. The van der Waals surface area contributed by atoms with Crippen molar-refractivity contribution in [2.45, 2.75) is 6.42 Å². The lowest BCUT2D eigenvalue weighted by molar-refractivity contribution is -0.136. The smallest absolute Gasteiger partial charge is 0.313 e. The number of nitrogens with two attached hydrogens (primary N) is 1. The lowest BCUT2D eigenvalue weighted by atomic mass is 10.2. The standard InChI is InChI=1S/C12H15N3O4/c13-10(17)8-2-4-9(5-3-8)15-12(19)11(18)14-6-1-7-16/h2-5,16H,1,6-7H2,(H2,13,17)(H,14,18)(H,15,19). The van der Waals surface area contributed by atoms with Gasteiger partial charge in [0.25, 0.3) is 0 Å². The van der Waals surface area contributed by atoms with Crippen molar-refractivity contribution < 1.29 is 19.5 Å². The maximum Gasteiger partial charge on any atom is 0.313 e. The Hall–Kier alpha value is -2.41. The molecular formula is C12H15N3O4. The number of hydrogen-bond acceptors (Lipinski definition) is 4. The summed E-state index contributed by atoms with van der Waals surface area (Å²) in [5.41, 5.74) is 5.76. The van der Waals surface area contributed by atoms with Crippen LogP contribution in [0.1, 0.15) is 16.8 Å². The SMILES string of the molecule is NC(=O)c1ccc(NC(=O)C(=O)NCCCO)cc1. The van der Waals surface area contributed by atoms with Crippen molar-refractivity contribution in [3.63, 3.8) is 0 Å². The molecule has 0 bridgehead atoms. The van der Waals surface area contributed by atoms with E-state index in [-0.39, 0.29) is 13.2 Å². The first-order chi connectivity index (χ1) is 9.04. The van der Waals surface area contributed by atoms with E-state index < -0.39 is 17.7 Å². The number of anilines is 1. The van der Waals surface area contributed by atoms with E-state index in [1.54, 1.807) is 0 Å². The Labute approximate surface area is 109 Å². The highest BCUT2D eigenvalue weighted by atomic mass is 16.3. The fraction of sp³-hybridized carbons (Fsp3) is 0.250. The van der Waals surface area contributed by atoms with E-state index in [0.717, 1.165) is 0 Å². The quantitative estimate of drug-likeness (QED) is 0.412. The molecule has 0 radical (unpaired) electrons. The van der Waals surface area contributed by atoms with Crippen molar-refractivity contribution in [3.8, 4) is 0 Å². The van der Waals surface area contributed by atoms with Gasteiger partial charge in [-0.2, -0.15) is 0 Å². The van der Waals surface area contributed by atoms with Gasteiger partial charge in [-0.25, -0.2) is 0 Å². The molecule has 5 N–H and O–H groups in total. The van der Waals surface area contributed by atoms with Crippen LogP contribution in [0.3, 0.4) is 0 Å². The lowest BCUT2D eigenvalue weighted by Crippen LogP contribution is -2.36. The molecule has 0 unspecified atom stereocenters. The number of benzene rings is 1. The van der Waals surface area contributed by atoms with Crippen LogP contribution < -0.4 is 16.4 Å². The van der Waals surface area contributed by atoms with Crippen molar-refractivity contribution >= 4 is 23.4 Å². The topological polar surface area (TPSA) is 122 Å². The highest BCUT2D eigenvalue weighted by Crippen LogP contribution is 2.08. The van der Waals surface area contributed by atoms with Gasteiger partial charge in [-0.05, 0) is 30.7 Å². The molecule has 0 aliphatic carbocycles. The summed E-state index contributed by atoms with van der Waals surface area (Å²) in [7, 11) is 0. The predicted octanol–water partition coefficient (Wildman–Crippen LogP) is -0.777. The van der Waals surface area contributed by atoms with Gasteiger partial charge in [0.2, 0.25) is 5.91 Å². The molecule has 0 atom stereocenters. The molecule has 102 valence electrons. The lowest BCUT2D eigenvalue weighted by Gasteiger charge is -2.06. The second-order valence-corrected chi connectivity index (χ2v) is 3.73. The van der Waals surface area contributed by atoms with Gasteiger partial charge in [0.15, 0.2) is 0 Å². The largest absolute Gasteiger partial charge is 0.396 e. The number of hydrogen-bond donors (Lipinski definition) is 4. The Bertz CT molecular complexity index is 470. The molecule has 0 fully saturated rings. The number of nitrogens with one attached hydrogen (secondary N) is 2. The molecule has 19 heavy (non-hydrogen) atoms. The van der Waals surface area contributed by atoms with E-state index in [9.17, 15) is 14.4 Å². The van der Waals surface area contributed by atoms with E-state index in [4.69, 9.17) is 10.8 Å². The van der Waals surface area contributed by atoms with Gasteiger partial charge in [-0.1, -0.05) is 0 Å². The summed E-state index contributed by atoms with van der Waals surface area (Å²) in [5.74, 6) is -2.17. The van der Waals surface area contributed by atoms with E-state index in [1.165, 1.54) is 24.3 Å². The summed E-state index contributed by atoms with van der Waals surface area (Å²) < 4.78 is 0. The zero-order valence-corrected chi connectivity index (χ0v) is 10.2. The second-order valence-electron chi connectivity index (χ2n) is 3.73. The van der Waals surface area contributed by atoms with Crippen molar-refractivity contribution in [2.24, 2.45) is 5.73 Å². The minimum absolute atomic E-state index is 0.0590. The van der Waals surface area contributed by atoms with Gasteiger partial charge in [-0.3, -0.25) is 14.4 Å². The summed E-state index contributed by atoms with van der Waals surface area (Å²) in [5, 5.41) is 13.3. The second kappa shape index (κ2) is 7.12. The molecule has 1 aromatic rings. The van der Waals surface area contributed by atoms with Crippen LogP contribution in [0.5, 0.6) is 0 Å². The van der Waals surface area contributed by atoms with Crippen molar-refractivity contribution in [3.05, 3.63) is 29.8 Å². The molecule has 1 aromatic carbocycles. The van der Waals surface area contributed by atoms with Gasteiger partial charge in [-0.15, -0.1) is 0 Å². The number of rotatable bonds is 5. The van der Waals surface area contributed by atoms with Gasteiger partial charge >= 0.3 is 11.8 Å². The van der Waals surface area contributed by atoms with E-state index in [2.05, 4.69) is 10.6 Å². The monoisotopic (exact) mass is 265 g/mol. The number of aliphatic hydroxyl groups excluding tert-OH is 1. The third-order valence-corrected chi connectivity index (χ3v) is 2.25. The van der Waals surface area contributed by atoms with Crippen LogP contribution in [0.15, 0.2) is 24.3 Å². The van der Waals surface area contributed by atoms with Crippen LogP contribution in [0.2, 0.25) is 0 Å². The third kappa shape index (κ3) is 4.76. The first-order valence-corrected chi connectivity index (χ1v) is 5.64. The Kier molecular flexibility index (Phi) is 5.49. The Morgan fingerprint density at radius 3 is 2.26 bits per heavy atom. The summed E-state index contributed by atoms with van der Waals surface area (Å²) in [6.07, 6.45) is 0.381. The zero-order valence-electron chi connectivity index (χ0n) is 10.2. The van der Waals surface area contributed by atoms with Crippen LogP contribution >= 0.6 is 0 Å². The van der Waals surface area contributed by atoms with E-state index >= 15 is 0 Å². The fourth-order valence-corrected chi connectivity index (χ4v) is 1.27. The molecular weight excluding hydrogens is 250 g/mol. The Morgan fingerprint density at radius 1 is 1.11 bits per heavy atom. The molecule has 0 saturated carbocycles. The number of amides is 3. The molecule has 0 heterocycles. The third-order valence-electron chi connectivity index (χ3n) is 2.25. The van der Waals surface area contributed by atoms with Crippen molar-refractivity contribution in [1.29, 1.82) is 0 Å². The summed E-state index contributed by atoms with van der Waals surface area (Å²) in [4.78, 5) is 33.6. The minimum atomic E-state index is -0.815. The maximum atomic E-state index is 11.4. The molecule has 7 heteroatoms. The van der Waals surface area contributed by atoms with Crippen LogP contribution in [-0.2, 0) is 9.59 Å². The van der Waals surface area contributed by atoms with Gasteiger partial charge < -0.3 is 21.5 Å². The summed E-state index contributed by atoms with van der Waals surface area (Å²) >= 11 is 0. The molecule has 3 amide bonds. The summed E-state index contributed by atoms with van der Waals surface area (Å²) in [6.45, 7) is 0.167. The molecule has 0 saturated heterocycles. The first-order valence-electron chi connectivity index (χ1n) is 5.64. The fourth-order valence-electron chi connectivity index (χ4n) is 1.27. The van der Waals surface area contributed by atoms with Crippen LogP contribution in [0, 0.1) is 0 Å². The first kappa shape index (κ1) is 14.7. The predicted molar refractivity (Wildman–Crippen MR) is 68.3 cm³/mol.